The van der Waals surface area contributed by atoms with Crippen LogP contribution in [0.4, 0.5) is 0 Å². The monoisotopic (exact) mass is 303 g/mol. The van der Waals surface area contributed by atoms with Crippen molar-refractivity contribution >= 4 is 33.5 Å². The Hall–Kier alpha value is -0.910. The van der Waals surface area contributed by atoms with Crippen LogP contribution >= 0.6 is 22.6 Å². The first kappa shape index (κ1) is 9.64. The predicted octanol–water partition coefficient (Wildman–Crippen LogP) is 2.79. The summed E-state index contributed by atoms with van der Waals surface area (Å²) >= 11 is 2.28. The van der Waals surface area contributed by atoms with Crippen LogP contribution in [0, 0.1) is 3.57 Å². The number of benzene rings is 1. The molecular weight excluding hydrogens is 293 g/mol. The van der Waals surface area contributed by atoms with Crippen LogP contribution in [0.15, 0.2) is 18.3 Å². The van der Waals surface area contributed by atoms with Gasteiger partial charge in [0.05, 0.1) is 19.7 Å². The minimum atomic E-state index is 0.748. The molecule has 1 N–H and O–H groups in total. The van der Waals surface area contributed by atoms with Crippen molar-refractivity contribution in [3.63, 3.8) is 0 Å². The van der Waals surface area contributed by atoms with Gasteiger partial charge < -0.3 is 14.5 Å². The lowest BCUT2D eigenvalue weighted by atomic mass is 10.2. The van der Waals surface area contributed by atoms with Gasteiger partial charge in [-0.15, -0.1) is 0 Å². The van der Waals surface area contributed by atoms with E-state index < -0.39 is 0 Å². The number of ether oxygens (including phenoxy) is 2. The number of hydrogen-bond donors (Lipinski definition) is 1. The van der Waals surface area contributed by atoms with Crippen molar-refractivity contribution in [3.8, 4) is 11.5 Å². The van der Waals surface area contributed by atoms with Crippen molar-refractivity contribution in [1.82, 2.24) is 4.98 Å². The van der Waals surface area contributed by atoms with Crippen LogP contribution < -0.4 is 9.47 Å². The van der Waals surface area contributed by atoms with E-state index in [0.717, 1.165) is 22.4 Å². The molecule has 0 unspecified atom stereocenters. The average molecular weight is 303 g/mol. The minimum Gasteiger partial charge on any atom is -0.493 e. The smallest absolute Gasteiger partial charge is 0.162 e. The third kappa shape index (κ3) is 1.43. The molecule has 0 saturated heterocycles. The fourth-order valence-corrected chi connectivity index (χ4v) is 2.02. The average Bonchev–Trinajstić information content (AvgIpc) is 2.58. The van der Waals surface area contributed by atoms with E-state index in [1.807, 2.05) is 18.3 Å². The summed E-state index contributed by atoms with van der Waals surface area (Å²) in [6, 6.07) is 3.92. The number of fused-ring (bicyclic) bond motifs is 1. The molecule has 0 radical (unpaired) electrons. The molecule has 0 amide bonds. The van der Waals surface area contributed by atoms with E-state index in [-0.39, 0.29) is 0 Å². The lowest BCUT2D eigenvalue weighted by Gasteiger charge is -2.07. The van der Waals surface area contributed by atoms with Crippen LogP contribution in [0.1, 0.15) is 0 Å². The van der Waals surface area contributed by atoms with Gasteiger partial charge >= 0.3 is 0 Å². The molecule has 2 rings (SSSR count). The third-order valence-corrected chi connectivity index (χ3v) is 3.03. The summed E-state index contributed by atoms with van der Waals surface area (Å²) in [6.45, 7) is 0. The first-order chi connectivity index (χ1) is 6.76. The molecule has 0 bridgehead atoms. The van der Waals surface area contributed by atoms with E-state index in [2.05, 4.69) is 27.6 Å². The van der Waals surface area contributed by atoms with Crippen LogP contribution in [0.2, 0.25) is 0 Å². The number of methoxy groups -OCH3 is 2. The Labute approximate surface area is 95.5 Å². The molecule has 74 valence electrons. The highest BCUT2D eigenvalue weighted by atomic mass is 127. The fraction of sp³-hybridized carbons (Fsp3) is 0.200. The zero-order chi connectivity index (χ0) is 10.1. The van der Waals surface area contributed by atoms with Crippen LogP contribution in [-0.4, -0.2) is 19.2 Å². The third-order valence-electron chi connectivity index (χ3n) is 2.14. The van der Waals surface area contributed by atoms with Gasteiger partial charge in [0, 0.05) is 21.2 Å². The summed E-state index contributed by atoms with van der Waals surface area (Å²) in [5, 5.41) is 1.16. The topological polar surface area (TPSA) is 34.2 Å². The van der Waals surface area contributed by atoms with Gasteiger partial charge in [-0.1, -0.05) is 0 Å². The fourth-order valence-electron chi connectivity index (χ4n) is 1.41. The number of H-pyrrole nitrogens is 1. The Morgan fingerprint density at radius 2 is 1.79 bits per heavy atom. The molecule has 1 heterocycles. The van der Waals surface area contributed by atoms with Gasteiger partial charge in [-0.2, -0.15) is 0 Å². The van der Waals surface area contributed by atoms with Gasteiger partial charge in [0.1, 0.15) is 0 Å². The highest BCUT2D eigenvalue weighted by molar-refractivity contribution is 14.1. The van der Waals surface area contributed by atoms with E-state index in [0.29, 0.717) is 0 Å². The van der Waals surface area contributed by atoms with E-state index in [9.17, 15) is 0 Å². The van der Waals surface area contributed by atoms with E-state index in [1.54, 1.807) is 14.2 Å². The summed E-state index contributed by atoms with van der Waals surface area (Å²) < 4.78 is 11.6. The molecule has 1 aromatic heterocycles. The standard InChI is InChI=1S/C10H10INO2/c1-13-9-3-6-7(11)5-12-8(6)4-10(9)14-2/h3-5,12H,1-2H3. The molecule has 0 fully saturated rings. The summed E-state index contributed by atoms with van der Waals surface area (Å²) in [7, 11) is 3.28. The van der Waals surface area contributed by atoms with Gasteiger partial charge in [-0.05, 0) is 28.7 Å². The van der Waals surface area contributed by atoms with Gasteiger partial charge in [0.15, 0.2) is 11.5 Å². The van der Waals surface area contributed by atoms with Crippen molar-refractivity contribution < 1.29 is 9.47 Å². The maximum absolute atomic E-state index is 5.23. The molecule has 0 saturated carbocycles. The Morgan fingerprint density at radius 3 is 2.43 bits per heavy atom. The number of halogens is 1. The minimum absolute atomic E-state index is 0.748. The molecular formula is C10H10INO2. The van der Waals surface area contributed by atoms with Crippen molar-refractivity contribution in [3.05, 3.63) is 21.9 Å². The summed E-state index contributed by atoms with van der Waals surface area (Å²) in [6.07, 6.45) is 1.96. The lowest BCUT2D eigenvalue weighted by molar-refractivity contribution is 0.356. The van der Waals surface area contributed by atoms with Crippen LogP contribution in [0.25, 0.3) is 10.9 Å². The van der Waals surface area contributed by atoms with Gasteiger partial charge in [0.25, 0.3) is 0 Å². The molecule has 0 atom stereocenters. The predicted molar refractivity (Wildman–Crippen MR) is 64.1 cm³/mol. The van der Waals surface area contributed by atoms with E-state index in [4.69, 9.17) is 9.47 Å². The number of hydrogen-bond acceptors (Lipinski definition) is 2. The molecule has 0 aliphatic rings. The van der Waals surface area contributed by atoms with Gasteiger partial charge in [-0.25, -0.2) is 0 Å². The Kier molecular flexibility index (Phi) is 2.54. The number of nitrogens with one attached hydrogen (secondary N) is 1. The largest absolute Gasteiger partial charge is 0.493 e. The SMILES string of the molecule is COc1cc2[nH]cc(I)c2cc1OC. The molecule has 1 aromatic carbocycles. The number of aromatic nitrogens is 1. The highest BCUT2D eigenvalue weighted by Crippen LogP contribution is 2.33. The highest BCUT2D eigenvalue weighted by Gasteiger charge is 2.08. The zero-order valence-electron chi connectivity index (χ0n) is 7.93. The summed E-state index contributed by atoms with van der Waals surface area (Å²) in [5.41, 5.74) is 1.06. The Balaban J connectivity index is 2.71. The second kappa shape index (κ2) is 3.68. The number of aromatic amines is 1. The number of rotatable bonds is 2. The normalized spacial score (nSPS) is 10.5. The van der Waals surface area contributed by atoms with Gasteiger partial charge in [-0.3, -0.25) is 0 Å². The van der Waals surface area contributed by atoms with E-state index >= 15 is 0 Å². The quantitative estimate of drug-likeness (QED) is 0.866. The van der Waals surface area contributed by atoms with Gasteiger partial charge in [0.2, 0.25) is 0 Å². The maximum Gasteiger partial charge on any atom is 0.162 e. The van der Waals surface area contributed by atoms with Crippen molar-refractivity contribution in [2.45, 2.75) is 0 Å². The maximum atomic E-state index is 5.23. The van der Waals surface area contributed by atoms with E-state index in [1.165, 1.54) is 3.57 Å². The second-order valence-corrected chi connectivity index (χ2v) is 4.05. The first-order valence-electron chi connectivity index (χ1n) is 4.15. The molecule has 0 aliphatic carbocycles. The summed E-state index contributed by atoms with van der Waals surface area (Å²) in [4.78, 5) is 3.17. The lowest BCUT2D eigenvalue weighted by Crippen LogP contribution is -1.89. The first-order valence-corrected chi connectivity index (χ1v) is 5.22. The van der Waals surface area contributed by atoms with Crippen molar-refractivity contribution in [1.29, 1.82) is 0 Å². The zero-order valence-corrected chi connectivity index (χ0v) is 10.1. The molecule has 0 spiro atoms. The molecule has 0 aliphatic heterocycles. The Bertz CT molecular complexity index is 464. The second-order valence-electron chi connectivity index (χ2n) is 2.89. The van der Waals surface area contributed by atoms with Crippen LogP contribution in [0.3, 0.4) is 0 Å². The van der Waals surface area contributed by atoms with Crippen LogP contribution in [-0.2, 0) is 0 Å². The van der Waals surface area contributed by atoms with Crippen LogP contribution in [0.5, 0.6) is 11.5 Å². The molecule has 14 heavy (non-hydrogen) atoms. The summed E-state index contributed by atoms with van der Waals surface area (Å²) in [5.74, 6) is 1.51. The molecule has 3 nitrogen and oxygen atoms in total. The van der Waals surface area contributed by atoms with Crippen molar-refractivity contribution in [2.75, 3.05) is 14.2 Å². The Morgan fingerprint density at radius 1 is 1.14 bits per heavy atom. The molecule has 4 heteroatoms. The molecule has 2 aromatic rings. The van der Waals surface area contributed by atoms with Crippen molar-refractivity contribution in [2.24, 2.45) is 0 Å².